The number of sulfonamides is 1. The maximum atomic E-state index is 12.9. The number of benzene rings is 2. The van der Waals surface area contributed by atoms with Crippen molar-refractivity contribution >= 4 is 15.7 Å². The molecule has 0 heterocycles. The number of rotatable bonds is 7. The Bertz CT molecular complexity index is 772. The fourth-order valence-electron chi connectivity index (χ4n) is 2.15. The van der Waals surface area contributed by atoms with Crippen LogP contribution in [-0.4, -0.2) is 29.2 Å². The highest BCUT2D eigenvalue weighted by Crippen LogP contribution is 2.35. The Hall–Kier alpha value is -2.47. The first-order valence-corrected chi connectivity index (χ1v) is 8.39. The van der Waals surface area contributed by atoms with Gasteiger partial charge in [0, 0.05) is 6.07 Å². The largest absolute Gasteiger partial charge is 0.497 e. The molecule has 0 aromatic heterocycles. The quantitative estimate of drug-likeness (QED) is 0.731. The summed E-state index contributed by atoms with van der Waals surface area (Å²) in [7, 11) is -0.703. The Morgan fingerprint density at radius 2 is 1.78 bits per heavy atom. The van der Waals surface area contributed by atoms with E-state index in [1.54, 1.807) is 48.5 Å². The molecule has 0 amide bonds. The summed E-state index contributed by atoms with van der Waals surface area (Å²) in [6, 6.07) is 13.2. The molecular weight excluding hydrogens is 314 g/mol. The molecule has 0 saturated carbocycles. The van der Waals surface area contributed by atoms with Crippen molar-refractivity contribution in [3.63, 3.8) is 0 Å². The van der Waals surface area contributed by atoms with Gasteiger partial charge >= 0.3 is 0 Å². The highest BCUT2D eigenvalue weighted by molar-refractivity contribution is 7.92. The van der Waals surface area contributed by atoms with E-state index in [0.717, 1.165) is 0 Å². The predicted molar refractivity (Wildman–Crippen MR) is 90.7 cm³/mol. The predicted octanol–water partition coefficient (Wildman–Crippen LogP) is 3.09. The van der Waals surface area contributed by atoms with E-state index in [-0.39, 0.29) is 11.4 Å². The van der Waals surface area contributed by atoms with Gasteiger partial charge in [-0.1, -0.05) is 24.3 Å². The molecule has 0 aliphatic carbocycles. The monoisotopic (exact) mass is 333 g/mol. The molecule has 2 rings (SSSR count). The van der Waals surface area contributed by atoms with Crippen LogP contribution in [0.25, 0.3) is 0 Å². The zero-order valence-electron chi connectivity index (χ0n) is 13.1. The van der Waals surface area contributed by atoms with Gasteiger partial charge in [0.25, 0.3) is 10.0 Å². The number of hydrogen-bond acceptors (Lipinski definition) is 4. The second kappa shape index (κ2) is 7.19. The summed E-state index contributed by atoms with van der Waals surface area (Å²) in [4.78, 5) is 0.208. The van der Waals surface area contributed by atoms with Gasteiger partial charge in [-0.25, -0.2) is 8.42 Å². The van der Waals surface area contributed by atoms with Crippen LogP contribution in [0.3, 0.4) is 0 Å². The second-order valence-electron chi connectivity index (χ2n) is 4.68. The molecule has 0 unspecified atom stereocenters. The van der Waals surface area contributed by atoms with Gasteiger partial charge in [0.05, 0.1) is 31.3 Å². The standard InChI is InChI=1S/C17H19NO4S/c1-4-12-18(23(19,20)15-8-6-5-7-9-15)16-11-10-14(21-2)13-17(16)22-3/h4-11,13H,1,12H2,2-3H3. The van der Waals surface area contributed by atoms with Crippen LogP contribution in [0.15, 0.2) is 66.1 Å². The van der Waals surface area contributed by atoms with Gasteiger partial charge in [-0.2, -0.15) is 0 Å². The highest BCUT2D eigenvalue weighted by atomic mass is 32.2. The molecule has 0 radical (unpaired) electrons. The van der Waals surface area contributed by atoms with Crippen molar-refractivity contribution in [1.29, 1.82) is 0 Å². The minimum Gasteiger partial charge on any atom is -0.497 e. The number of ether oxygens (including phenoxy) is 2. The van der Waals surface area contributed by atoms with Crippen molar-refractivity contribution in [2.75, 3.05) is 25.1 Å². The van der Waals surface area contributed by atoms with Crippen molar-refractivity contribution in [2.24, 2.45) is 0 Å². The van der Waals surface area contributed by atoms with Gasteiger partial charge in [-0.05, 0) is 24.3 Å². The van der Waals surface area contributed by atoms with E-state index in [1.807, 2.05) is 0 Å². The lowest BCUT2D eigenvalue weighted by Gasteiger charge is -2.25. The maximum Gasteiger partial charge on any atom is 0.264 e. The zero-order valence-corrected chi connectivity index (χ0v) is 13.9. The topological polar surface area (TPSA) is 55.8 Å². The molecule has 2 aromatic carbocycles. The minimum atomic E-state index is -3.73. The van der Waals surface area contributed by atoms with Crippen molar-refractivity contribution in [1.82, 2.24) is 0 Å². The second-order valence-corrected chi connectivity index (χ2v) is 6.54. The Morgan fingerprint density at radius 3 is 2.35 bits per heavy atom. The molecule has 5 nitrogen and oxygen atoms in total. The lowest BCUT2D eigenvalue weighted by molar-refractivity contribution is 0.395. The molecule has 0 fully saturated rings. The van der Waals surface area contributed by atoms with Crippen LogP contribution in [0.4, 0.5) is 5.69 Å². The third-order valence-electron chi connectivity index (χ3n) is 3.28. The summed E-state index contributed by atoms with van der Waals surface area (Å²) in [5, 5.41) is 0. The van der Waals surface area contributed by atoms with Crippen molar-refractivity contribution < 1.29 is 17.9 Å². The molecule has 0 aliphatic heterocycles. The summed E-state index contributed by atoms with van der Waals surface area (Å²) in [5.41, 5.74) is 0.428. The van der Waals surface area contributed by atoms with E-state index in [4.69, 9.17) is 9.47 Å². The van der Waals surface area contributed by atoms with Crippen molar-refractivity contribution in [3.8, 4) is 11.5 Å². The van der Waals surface area contributed by atoms with E-state index >= 15 is 0 Å². The lowest BCUT2D eigenvalue weighted by atomic mass is 10.2. The SMILES string of the molecule is C=CCN(c1ccc(OC)cc1OC)S(=O)(=O)c1ccccc1. The average Bonchev–Trinajstić information content (AvgIpc) is 2.59. The first-order chi connectivity index (χ1) is 11.0. The van der Waals surface area contributed by atoms with Crippen LogP contribution < -0.4 is 13.8 Å². The van der Waals surface area contributed by atoms with Crippen LogP contribution >= 0.6 is 0 Å². The fourth-order valence-corrected chi connectivity index (χ4v) is 3.62. The van der Waals surface area contributed by atoms with E-state index in [0.29, 0.717) is 17.2 Å². The summed E-state index contributed by atoms with van der Waals surface area (Å²) in [6.45, 7) is 3.78. The summed E-state index contributed by atoms with van der Waals surface area (Å²) < 4.78 is 37.6. The van der Waals surface area contributed by atoms with Crippen LogP contribution in [0.1, 0.15) is 0 Å². The van der Waals surface area contributed by atoms with Gasteiger partial charge < -0.3 is 9.47 Å². The number of nitrogens with zero attached hydrogens (tertiary/aromatic N) is 1. The molecule has 0 saturated heterocycles. The Morgan fingerprint density at radius 1 is 1.09 bits per heavy atom. The molecule has 6 heteroatoms. The average molecular weight is 333 g/mol. The first kappa shape index (κ1) is 16.9. The molecule has 0 spiro atoms. The normalized spacial score (nSPS) is 10.9. The Labute approximate surface area is 136 Å². The van der Waals surface area contributed by atoms with Crippen molar-refractivity contribution in [3.05, 3.63) is 61.2 Å². The van der Waals surface area contributed by atoms with Gasteiger partial charge in [-0.3, -0.25) is 4.31 Å². The molecule has 0 bridgehead atoms. The molecule has 23 heavy (non-hydrogen) atoms. The van der Waals surface area contributed by atoms with E-state index < -0.39 is 10.0 Å². The van der Waals surface area contributed by atoms with Gasteiger partial charge in [0.15, 0.2) is 0 Å². The molecule has 2 aromatic rings. The van der Waals surface area contributed by atoms with Crippen molar-refractivity contribution in [2.45, 2.75) is 4.90 Å². The molecule has 0 N–H and O–H groups in total. The summed E-state index contributed by atoms with van der Waals surface area (Å²) in [5.74, 6) is 0.993. The number of hydrogen-bond donors (Lipinski definition) is 0. The van der Waals surface area contributed by atoms with Gasteiger partial charge in [0.2, 0.25) is 0 Å². The number of methoxy groups -OCH3 is 2. The smallest absolute Gasteiger partial charge is 0.264 e. The summed E-state index contributed by atoms with van der Waals surface area (Å²) in [6.07, 6.45) is 1.53. The van der Waals surface area contributed by atoms with E-state index in [2.05, 4.69) is 6.58 Å². The third-order valence-corrected chi connectivity index (χ3v) is 5.08. The maximum absolute atomic E-state index is 12.9. The lowest BCUT2D eigenvalue weighted by Crippen LogP contribution is -2.31. The van der Waals surface area contributed by atoms with E-state index in [1.165, 1.54) is 24.6 Å². The minimum absolute atomic E-state index is 0.125. The number of anilines is 1. The molecule has 122 valence electrons. The zero-order chi connectivity index (χ0) is 16.9. The highest BCUT2D eigenvalue weighted by Gasteiger charge is 2.26. The van der Waals surface area contributed by atoms with Crippen LogP contribution in [0.2, 0.25) is 0 Å². The van der Waals surface area contributed by atoms with Crippen LogP contribution in [0, 0.1) is 0 Å². The van der Waals surface area contributed by atoms with E-state index in [9.17, 15) is 8.42 Å². The first-order valence-electron chi connectivity index (χ1n) is 6.95. The molecular formula is C17H19NO4S. The summed E-state index contributed by atoms with van der Waals surface area (Å²) >= 11 is 0. The molecule has 0 atom stereocenters. The fraction of sp³-hybridized carbons (Fsp3) is 0.176. The van der Waals surface area contributed by atoms with Gasteiger partial charge in [-0.15, -0.1) is 6.58 Å². The Kier molecular flexibility index (Phi) is 5.28. The third kappa shape index (κ3) is 3.48. The molecule has 0 aliphatic rings. The van der Waals surface area contributed by atoms with Crippen LogP contribution in [0.5, 0.6) is 11.5 Å². The Balaban J connectivity index is 2.57. The van der Waals surface area contributed by atoms with Crippen LogP contribution in [-0.2, 0) is 10.0 Å². The van der Waals surface area contributed by atoms with Gasteiger partial charge in [0.1, 0.15) is 11.5 Å².